The van der Waals surface area contributed by atoms with Crippen molar-refractivity contribution >= 4 is 21.9 Å². The van der Waals surface area contributed by atoms with E-state index in [2.05, 4.69) is 36.2 Å². The van der Waals surface area contributed by atoms with Gasteiger partial charge in [0.25, 0.3) is 0 Å². The summed E-state index contributed by atoms with van der Waals surface area (Å²) in [5, 5.41) is 22.4. The largest absolute Gasteiger partial charge is 0.394 e. The molecular formula is C12H13BrN4O2. The Kier molecular flexibility index (Phi) is 4.78. The minimum absolute atomic E-state index is 0.254. The molecule has 0 radical (unpaired) electrons. The highest BCUT2D eigenvalue weighted by Crippen LogP contribution is 2.18. The molecule has 0 amide bonds. The van der Waals surface area contributed by atoms with E-state index < -0.39 is 12.1 Å². The maximum Gasteiger partial charge on any atom is 0.223 e. The van der Waals surface area contributed by atoms with E-state index >= 15 is 0 Å². The van der Waals surface area contributed by atoms with E-state index in [0.29, 0.717) is 11.5 Å². The molecule has 0 aliphatic heterocycles. The number of nitrogens with one attached hydrogen (secondary N) is 1. The number of anilines is 1. The van der Waals surface area contributed by atoms with Gasteiger partial charge in [0.2, 0.25) is 5.95 Å². The molecule has 0 spiro atoms. The maximum absolute atomic E-state index is 10.2. The third kappa shape index (κ3) is 3.69. The second-order valence-electron chi connectivity index (χ2n) is 3.89. The van der Waals surface area contributed by atoms with E-state index in [9.17, 15) is 10.2 Å². The van der Waals surface area contributed by atoms with Crippen LogP contribution in [-0.2, 0) is 0 Å². The molecule has 100 valence electrons. The predicted molar refractivity (Wildman–Crippen MR) is 73.4 cm³/mol. The van der Waals surface area contributed by atoms with Crippen LogP contribution in [0, 0.1) is 0 Å². The van der Waals surface area contributed by atoms with Crippen LogP contribution in [0.1, 0.15) is 11.7 Å². The van der Waals surface area contributed by atoms with Gasteiger partial charge < -0.3 is 15.5 Å². The molecule has 0 unspecified atom stereocenters. The van der Waals surface area contributed by atoms with Gasteiger partial charge >= 0.3 is 0 Å². The highest BCUT2D eigenvalue weighted by molar-refractivity contribution is 9.10. The molecule has 0 aliphatic rings. The Balaban J connectivity index is 2.10. The Labute approximate surface area is 118 Å². The first-order valence-corrected chi connectivity index (χ1v) is 6.43. The number of halogens is 1. The summed E-state index contributed by atoms with van der Waals surface area (Å²) in [5.74, 6) is 0.338. The van der Waals surface area contributed by atoms with Crippen molar-refractivity contribution in [2.24, 2.45) is 0 Å². The van der Waals surface area contributed by atoms with Gasteiger partial charge in [-0.25, -0.2) is 9.97 Å². The first-order chi connectivity index (χ1) is 9.20. The minimum Gasteiger partial charge on any atom is -0.394 e. The van der Waals surface area contributed by atoms with E-state index in [1.165, 1.54) is 0 Å². The number of hydrogen-bond acceptors (Lipinski definition) is 6. The fourth-order valence-electron chi connectivity index (χ4n) is 1.56. The number of aliphatic hydroxyl groups is 2. The molecule has 2 aromatic heterocycles. The summed E-state index contributed by atoms with van der Waals surface area (Å²) >= 11 is 3.23. The summed E-state index contributed by atoms with van der Waals surface area (Å²) in [4.78, 5) is 12.0. The van der Waals surface area contributed by atoms with Crippen molar-refractivity contribution in [1.82, 2.24) is 15.0 Å². The Hall–Kier alpha value is -1.57. The zero-order valence-electron chi connectivity index (χ0n) is 9.94. The molecule has 2 aromatic rings. The van der Waals surface area contributed by atoms with Gasteiger partial charge in [0, 0.05) is 30.4 Å². The second-order valence-corrected chi connectivity index (χ2v) is 4.81. The molecule has 6 nitrogen and oxygen atoms in total. The fourth-order valence-corrected chi connectivity index (χ4v) is 1.77. The van der Waals surface area contributed by atoms with E-state index in [1.807, 2.05) is 0 Å². The summed E-state index contributed by atoms with van der Waals surface area (Å²) in [5.41, 5.74) is 0.617. The van der Waals surface area contributed by atoms with Crippen LogP contribution in [0.5, 0.6) is 0 Å². The van der Waals surface area contributed by atoms with Crippen LogP contribution in [-0.4, -0.2) is 37.8 Å². The number of aliphatic hydroxyl groups excluding tert-OH is 2. The van der Waals surface area contributed by atoms with Crippen LogP contribution in [0.25, 0.3) is 0 Å². The minimum atomic E-state index is -0.897. The van der Waals surface area contributed by atoms with E-state index in [-0.39, 0.29) is 6.61 Å². The molecule has 0 aliphatic carbocycles. The molecule has 19 heavy (non-hydrogen) atoms. The standard InChI is InChI=1S/C12H13BrN4O2/c13-9-5-15-12(16-6-9)17-10(7-18)11(19)8-2-1-3-14-4-8/h1-6,10-11,18-19H,7H2,(H,15,16,17)/t10-,11+/m1/s1. The normalized spacial score (nSPS) is 13.8. The van der Waals surface area contributed by atoms with Gasteiger partial charge in [0.15, 0.2) is 0 Å². The molecule has 3 N–H and O–H groups in total. The third-order valence-corrected chi connectivity index (χ3v) is 2.95. The van der Waals surface area contributed by atoms with Crippen molar-refractivity contribution in [1.29, 1.82) is 0 Å². The summed E-state index contributed by atoms with van der Waals surface area (Å²) in [6.07, 6.45) is 5.44. The topological polar surface area (TPSA) is 91.2 Å². The van der Waals surface area contributed by atoms with Crippen LogP contribution in [0.15, 0.2) is 41.4 Å². The quantitative estimate of drug-likeness (QED) is 0.764. The lowest BCUT2D eigenvalue weighted by Crippen LogP contribution is -2.32. The van der Waals surface area contributed by atoms with Crippen LogP contribution in [0.3, 0.4) is 0 Å². The fraction of sp³-hybridized carbons (Fsp3) is 0.250. The van der Waals surface area contributed by atoms with Crippen molar-refractivity contribution in [3.05, 3.63) is 47.0 Å². The van der Waals surface area contributed by atoms with Crippen molar-refractivity contribution in [2.75, 3.05) is 11.9 Å². The van der Waals surface area contributed by atoms with E-state index in [4.69, 9.17) is 0 Å². The zero-order valence-corrected chi connectivity index (χ0v) is 11.5. The predicted octanol–water partition coefficient (Wildman–Crippen LogP) is 1.14. The lowest BCUT2D eigenvalue weighted by Gasteiger charge is -2.22. The third-order valence-electron chi connectivity index (χ3n) is 2.54. The Morgan fingerprint density at radius 2 is 2.00 bits per heavy atom. The molecule has 0 fully saturated rings. The molecule has 0 saturated heterocycles. The molecule has 2 heterocycles. The highest BCUT2D eigenvalue weighted by Gasteiger charge is 2.21. The van der Waals surface area contributed by atoms with E-state index in [0.717, 1.165) is 4.47 Å². The lowest BCUT2D eigenvalue weighted by molar-refractivity contribution is 0.118. The van der Waals surface area contributed by atoms with Crippen LogP contribution < -0.4 is 5.32 Å². The van der Waals surface area contributed by atoms with Crippen molar-refractivity contribution < 1.29 is 10.2 Å². The summed E-state index contributed by atoms with van der Waals surface area (Å²) in [6, 6.07) is 2.86. The molecule has 2 rings (SSSR count). The van der Waals surface area contributed by atoms with Gasteiger partial charge in [-0.05, 0) is 22.0 Å². The average molecular weight is 325 g/mol. The Bertz CT molecular complexity index is 509. The molecule has 0 bridgehead atoms. The van der Waals surface area contributed by atoms with Gasteiger partial charge in [0.05, 0.1) is 17.1 Å². The van der Waals surface area contributed by atoms with Crippen LogP contribution >= 0.6 is 15.9 Å². The maximum atomic E-state index is 10.2. The van der Waals surface area contributed by atoms with Crippen molar-refractivity contribution in [3.8, 4) is 0 Å². The number of pyridine rings is 1. The SMILES string of the molecule is OC[C@@H](Nc1ncc(Br)cn1)[C@@H](O)c1cccnc1. The molecule has 2 atom stereocenters. The molecule has 0 saturated carbocycles. The van der Waals surface area contributed by atoms with Gasteiger partial charge in [-0.15, -0.1) is 0 Å². The van der Waals surface area contributed by atoms with Crippen molar-refractivity contribution in [2.45, 2.75) is 12.1 Å². The van der Waals surface area contributed by atoms with Gasteiger partial charge in [-0.1, -0.05) is 6.07 Å². The average Bonchev–Trinajstić information content (AvgIpc) is 2.47. The number of aromatic nitrogens is 3. The van der Waals surface area contributed by atoms with Crippen LogP contribution in [0.2, 0.25) is 0 Å². The van der Waals surface area contributed by atoms with E-state index in [1.54, 1.807) is 36.9 Å². The number of nitrogens with zero attached hydrogens (tertiary/aromatic N) is 3. The smallest absolute Gasteiger partial charge is 0.223 e. The first kappa shape index (κ1) is 13.9. The lowest BCUT2D eigenvalue weighted by atomic mass is 10.1. The van der Waals surface area contributed by atoms with Gasteiger partial charge in [-0.3, -0.25) is 4.98 Å². The highest BCUT2D eigenvalue weighted by atomic mass is 79.9. The molecular weight excluding hydrogens is 312 g/mol. The van der Waals surface area contributed by atoms with Crippen molar-refractivity contribution in [3.63, 3.8) is 0 Å². The number of hydrogen-bond donors (Lipinski definition) is 3. The Morgan fingerprint density at radius 3 is 2.58 bits per heavy atom. The van der Waals surface area contributed by atoms with Gasteiger partial charge in [0.1, 0.15) is 6.10 Å². The van der Waals surface area contributed by atoms with Gasteiger partial charge in [-0.2, -0.15) is 0 Å². The molecule has 7 heteroatoms. The molecule has 0 aromatic carbocycles. The zero-order chi connectivity index (χ0) is 13.7. The summed E-state index contributed by atoms with van der Waals surface area (Å²) < 4.78 is 0.756. The monoisotopic (exact) mass is 324 g/mol. The first-order valence-electron chi connectivity index (χ1n) is 5.63. The Morgan fingerprint density at radius 1 is 1.26 bits per heavy atom. The van der Waals surface area contributed by atoms with Crippen LogP contribution in [0.4, 0.5) is 5.95 Å². The summed E-state index contributed by atoms with van der Waals surface area (Å²) in [6.45, 7) is -0.254. The summed E-state index contributed by atoms with van der Waals surface area (Å²) in [7, 11) is 0. The number of rotatable bonds is 5. The second kappa shape index (κ2) is 6.55.